The number of hydrogen-bond donors (Lipinski definition) is 0. The van der Waals surface area contributed by atoms with E-state index in [1.54, 1.807) is 12.1 Å². The summed E-state index contributed by atoms with van der Waals surface area (Å²) in [5, 5.41) is -0.0214. The van der Waals surface area contributed by atoms with Crippen molar-refractivity contribution in [3.63, 3.8) is 0 Å². The summed E-state index contributed by atoms with van der Waals surface area (Å²) in [7, 11) is 4.83. The second-order valence-electron chi connectivity index (χ2n) is 10.9. The Morgan fingerprint density at radius 3 is 1.47 bits per heavy atom. The molecule has 12 nitrogen and oxygen atoms in total. The summed E-state index contributed by atoms with van der Waals surface area (Å²) < 4.78 is 54.9. The molecule has 0 saturated carbocycles. The SMILES string of the molecule is COCOc1cc(CO[Si](C)(C)C(C)(C)C)cc(OCOC)c1C(=O)c1c(OCOC)ccc(OCOC)c1C(=O)OC. The first-order valence-corrected chi connectivity index (χ1v) is 16.3. The zero-order valence-electron chi connectivity index (χ0n) is 26.7. The summed E-state index contributed by atoms with van der Waals surface area (Å²) in [4.78, 5) is 27.7. The molecule has 0 fully saturated rings. The molecule has 2 aromatic rings. The lowest BCUT2D eigenvalue weighted by atomic mass is 9.94. The fraction of sp³-hybridized carbons (Fsp3) is 0.533. The van der Waals surface area contributed by atoms with Gasteiger partial charge in [-0.3, -0.25) is 4.79 Å². The van der Waals surface area contributed by atoms with Crippen molar-refractivity contribution in [3.8, 4) is 23.0 Å². The molecule has 13 heteroatoms. The van der Waals surface area contributed by atoms with Gasteiger partial charge in [0.05, 0.1) is 19.3 Å². The Morgan fingerprint density at radius 2 is 1.07 bits per heavy atom. The molecule has 0 aromatic heterocycles. The number of benzene rings is 2. The lowest BCUT2D eigenvalue weighted by Crippen LogP contribution is -2.40. The van der Waals surface area contributed by atoms with E-state index in [2.05, 4.69) is 33.9 Å². The predicted octanol–water partition coefficient (Wildman–Crippen LogP) is 5.16. The molecule has 0 amide bonds. The van der Waals surface area contributed by atoms with Gasteiger partial charge in [0.15, 0.2) is 35.5 Å². The summed E-state index contributed by atoms with van der Waals surface area (Å²) in [5.41, 5.74) is 0.340. The van der Waals surface area contributed by atoms with Gasteiger partial charge in [-0.05, 0) is 48.0 Å². The van der Waals surface area contributed by atoms with Crippen molar-refractivity contribution in [1.29, 1.82) is 0 Å². The Kier molecular flexibility index (Phi) is 13.9. The van der Waals surface area contributed by atoms with Crippen LogP contribution in [0.3, 0.4) is 0 Å². The molecule has 0 spiro atoms. The summed E-state index contributed by atoms with van der Waals surface area (Å²) in [6.45, 7) is 10.2. The minimum atomic E-state index is -2.13. The molecule has 240 valence electrons. The first-order chi connectivity index (χ1) is 20.4. The van der Waals surface area contributed by atoms with Crippen LogP contribution >= 0.6 is 0 Å². The van der Waals surface area contributed by atoms with Gasteiger partial charge in [0.2, 0.25) is 5.78 Å². The third kappa shape index (κ3) is 9.39. The third-order valence-corrected chi connectivity index (χ3v) is 11.3. The predicted molar refractivity (Wildman–Crippen MR) is 160 cm³/mol. The van der Waals surface area contributed by atoms with Crippen LogP contribution < -0.4 is 18.9 Å². The molecule has 43 heavy (non-hydrogen) atoms. The van der Waals surface area contributed by atoms with Crippen LogP contribution in [0.1, 0.15) is 52.6 Å². The largest absolute Gasteiger partial charge is 0.467 e. The van der Waals surface area contributed by atoms with Crippen LogP contribution in [0.25, 0.3) is 0 Å². The van der Waals surface area contributed by atoms with Crippen LogP contribution in [0.15, 0.2) is 24.3 Å². The lowest BCUT2D eigenvalue weighted by molar-refractivity contribution is 0.0423. The van der Waals surface area contributed by atoms with Gasteiger partial charge in [0, 0.05) is 28.4 Å². The van der Waals surface area contributed by atoms with E-state index in [-0.39, 0.29) is 78.5 Å². The van der Waals surface area contributed by atoms with E-state index >= 15 is 0 Å². The van der Waals surface area contributed by atoms with Crippen LogP contribution in [-0.2, 0) is 34.7 Å². The molecule has 0 atom stereocenters. The normalized spacial score (nSPS) is 11.7. The second-order valence-corrected chi connectivity index (χ2v) is 15.7. The Bertz CT molecular complexity index is 1190. The van der Waals surface area contributed by atoms with E-state index in [0.29, 0.717) is 5.56 Å². The van der Waals surface area contributed by atoms with E-state index in [9.17, 15) is 9.59 Å². The highest BCUT2D eigenvalue weighted by Crippen LogP contribution is 2.41. The minimum absolute atomic E-state index is 0.0125. The number of ether oxygens (including phenoxy) is 9. The topological polar surface area (TPSA) is 126 Å². The number of ketones is 1. The molecule has 2 aromatic carbocycles. The summed E-state index contributed by atoms with van der Waals surface area (Å²) in [6.07, 6.45) is 0. The molecule has 0 aliphatic carbocycles. The monoisotopic (exact) mass is 624 g/mol. The molecule has 0 N–H and O–H groups in total. The first kappa shape index (κ1) is 36.0. The average molecular weight is 625 g/mol. The number of methoxy groups -OCH3 is 5. The second kappa shape index (κ2) is 16.6. The molecule has 0 bridgehead atoms. The first-order valence-electron chi connectivity index (χ1n) is 13.4. The molecular formula is C30H44O12Si. The summed E-state index contributed by atoms with van der Waals surface area (Å²) >= 11 is 0. The maximum Gasteiger partial charge on any atom is 0.342 e. The molecule has 0 radical (unpaired) electrons. The van der Waals surface area contributed by atoms with Gasteiger partial charge < -0.3 is 47.1 Å². The van der Waals surface area contributed by atoms with E-state index in [1.807, 2.05) is 0 Å². The molecule has 0 aliphatic heterocycles. The Balaban J connectivity index is 2.85. The highest BCUT2D eigenvalue weighted by atomic mass is 28.4. The molecule has 0 heterocycles. The standard InChI is InChI=1S/C30H44O12Si/c1-30(2,3)43(9,10)42-15-20-13-23(40-18-35-6)25(24(14-20)41-19-36-7)28(31)26-21(38-16-33-4)11-12-22(39-17-34-5)27(26)29(32)37-8/h11-14H,15-19H2,1-10H3. The van der Waals surface area contributed by atoms with Crippen molar-refractivity contribution in [3.05, 3.63) is 46.5 Å². The maximum atomic E-state index is 14.5. The number of hydrogen-bond acceptors (Lipinski definition) is 12. The molecule has 0 aliphatic rings. The van der Waals surface area contributed by atoms with Gasteiger partial charge in [0.1, 0.15) is 34.1 Å². The number of rotatable bonds is 18. The molecule has 0 saturated heterocycles. The van der Waals surface area contributed by atoms with Crippen molar-refractivity contribution in [2.75, 3.05) is 62.7 Å². The number of carbonyl (C=O) groups excluding carboxylic acids is 2. The minimum Gasteiger partial charge on any atom is -0.467 e. The van der Waals surface area contributed by atoms with E-state index in [4.69, 9.17) is 47.1 Å². The summed E-state index contributed by atoms with van der Waals surface area (Å²) in [6, 6.07) is 6.31. The number of carbonyl (C=O) groups is 2. The van der Waals surface area contributed by atoms with Gasteiger partial charge in [-0.25, -0.2) is 4.79 Å². The Morgan fingerprint density at radius 1 is 0.651 bits per heavy atom. The van der Waals surface area contributed by atoms with Gasteiger partial charge in [-0.2, -0.15) is 0 Å². The van der Waals surface area contributed by atoms with Crippen LogP contribution in [-0.4, -0.2) is 82.8 Å². The summed E-state index contributed by atoms with van der Waals surface area (Å²) in [5.74, 6) is -1.17. The van der Waals surface area contributed by atoms with Gasteiger partial charge in [0.25, 0.3) is 0 Å². The quantitative estimate of drug-likeness (QED) is 0.0941. The van der Waals surface area contributed by atoms with Gasteiger partial charge in [-0.1, -0.05) is 20.8 Å². The van der Waals surface area contributed by atoms with Crippen LogP contribution in [0.4, 0.5) is 0 Å². The molecule has 2 rings (SSSR count). The van der Waals surface area contributed by atoms with E-state index in [1.165, 1.54) is 47.7 Å². The molecule has 0 unspecified atom stereocenters. The van der Waals surface area contributed by atoms with Gasteiger partial charge in [-0.15, -0.1) is 0 Å². The lowest BCUT2D eigenvalue weighted by Gasteiger charge is -2.36. The Labute approximate surface area is 254 Å². The van der Waals surface area contributed by atoms with Crippen molar-refractivity contribution < 1.29 is 56.6 Å². The fourth-order valence-corrected chi connectivity index (χ4v) is 4.57. The van der Waals surface area contributed by atoms with Crippen LogP contribution in [0.2, 0.25) is 18.1 Å². The van der Waals surface area contributed by atoms with Crippen LogP contribution in [0.5, 0.6) is 23.0 Å². The Hall–Kier alpha value is -3.20. The van der Waals surface area contributed by atoms with Crippen molar-refractivity contribution in [1.82, 2.24) is 0 Å². The zero-order chi connectivity index (χ0) is 32.2. The van der Waals surface area contributed by atoms with E-state index < -0.39 is 20.1 Å². The van der Waals surface area contributed by atoms with Gasteiger partial charge >= 0.3 is 5.97 Å². The molecular weight excluding hydrogens is 580 g/mol. The highest BCUT2D eigenvalue weighted by molar-refractivity contribution is 6.74. The van der Waals surface area contributed by atoms with Crippen molar-refractivity contribution >= 4 is 20.1 Å². The third-order valence-electron chi connectivity index (χ3n) is 6.83. The van der Waals surface area contributed by atoms with E-state index in [0.717, 1.165) is 0 Å². The highest BCUT2D eigenvalue weighted by Gasteiger charge is 2.37. The van der Waals surface area contributed by atoms with Crippen molar-refractivity contribution in [2.24, 2.45) is 0 Å². The van der Waals surface area contributed by atoms with Crippen LogP contribution in [0, 0.1) is 0 Å². The van der Waals surface area contributed by atoms with Crippen molar-refractivity contribution in [2.45, 2.75) is 45.5 Å². The number of esters is 1. The maximum absolute atomic E-state index is 14.5. The smallest absolute Gasteiger partial charge is 0.342 e. The average Bonchev–Trinajstić information content (AvgIpc) is 2.97. The zero-order valence-corrected chi connectivity index (χ0v) is 27.7. The fourth-order valence-electron chi connectivity index (χ4n) is 3.61.